The first kappa shape index (κ1) is 19.2. The zero-order valence-electron chi connectivity index (χ0n) is 11.8. The van der Waals surface area contributed by atoms with E-state index in [1.807, 2.05) is 20.8 Å². The van der Waals surface area contributed by atoms with Crippen molar-refractivity contribution >= 4 is 0 Å². The molecule has 0 N–H and O–H groups in total. The maximum Gasteiger partial charge on any atom is 0.573 e. The summed E-state index contributed by atoms with van der Waals surface area (Å²) < 4.78 is 38.8. The number of rotatable bonds is 2. The Bertz CT molecular complexity index is 278. The van der Waals surface area contributed by atoms with Crippen LogP contribution >= 0.6 is 0 Å². The number of hydrogen-bond donors (Lipinski definition) is 0. The van der Waals surface area contributed by atoms with E-state index in [0.717, 1.165) is 12.0 Å². The highest BCUT2D eigenvalue weighted by Gasteiger charge is 2.30. The third-order valence-corrected chi connectivity index (χ3v) is 1.57. The molecule has 106 valence electrons. The Hall–Kier alpha value is -1.19. The van der Waals surface area contributed by atoms with Gasteiger partial charge in [-0.3, -0.25) is 0 Å². The highest BCUT2D eigenvalue weighted by atomic mass is 19.4. The first-order valence-corrected chi connectivity index (χ1v) is 6.27. The Morgan fingerprint density at radius 3 is 1.61 bits per heavy atom. The van der Waals surface area contributed by atoms with Gasteiger partial charge in [0.05, 0.1) is 0 Å². The molecule has 0 heterocycles. The summed E-state index contributed by atoms with van der Waals surface area (Å²) >= 11 is 0. The molecule has 18 heavy (non-hydrogen) atoms. The summed E-state index contributed by atoms with van der Waals surface area (Å²) in [4.78, 5) is 0. The van der Waals surface area contributed by atoms with Crippen LogP contribution < -0.4 is 4.74 Å². The number of ether oxygens (including phenoxy) is 1. The molecule has 0 aromatic heterocycles. The Morgan fingerprint density at radius 1 is 0.944 bits per heavy atom. The molecule has 0 amide bonds. The summed E-state index contributed by atoms with van der Waals surface area (Å²) in [5.74, 6) is -0.176. The average Bonchev–Trinajstić information content (AvgIpc) is 2.32. The van der Waals surface area contributed by atoms with Crippen LogP contribution in [0.4, 0.5) is 13.2 Å². The summed E-state index contributed by atoms with van der Waals surface area (Å²) in [5.41, 5.74) is 0.981. The standard InChI is InChI=1S/C9H9F3O.C3H8.C2H6/c1-2-7-3-5-8(6-4-7)13-9(10,11)12;1-3-2;1-2/h3-6H,2H2,1H3;3H2,1-2H3;1-2H3. The molecule has 1 aromatic rings. The van der Waals surface area contributed by atoms with Gasteiger partial charge in [0.25, 0.3) is 0 Å². The Kier molecular flexibility index (Phi) is 11.6. The molecule has 0 aliphatic heterocycles. The van der Waals surface area contributed by atoms with Crippen molar-refractivity contribution in [3.63, 3.8) is 0 Å². The van der Waals surface area contributed by atoms with Crippen LogP contribution in [0, 0.1) is 0 Å². The molecule has 0 spiro atoms. The maximum absolute atomic E-state index is 11.7. The molecular weight excluding hydrogens is 241 g/mol. The molecule has 0 fully saturated rings. The first-order valence-electron chi connectivity index (χ1n) is 6.27. The van der Waals surface area contributed by atoms with Crippen molar-refractivity contribution in [1.82, 2.24) is 0 Å². The number of halogens is 3. The molecule has 0 aliphatic carbocycles. The van der Waals surface area contributed by atoms with Gasteiger partial charge in [0, 0.05) is 0 Å². The zero-order valence-corrected chi connectivity index (χ0v) is 11.8. The van der Waals surface area contributed by atoms with Gasteiger partial charge in [-0.25, -0.2) is 0 Å². The van der Waals surface area contributed by atoms with Crippen LogP contribution in [0.2, 0.25) is 0 Å². The molecule has 4 heteroatoms. The predicted molar refractivity (Wildman–Crippen MR) is 69.8 cm³/mol. The number of benzene rings is 1. The van der Waals surface area contributed by atoms with Crippen molar-refractivity contribution in [3.05, 3.63) is 29.8 Å². The monoisotopic (exact) mass is 264 g/mol. The molecule has 0 atom stereocenters. The Morgan fingerprint density at radius 2 is 1.33 bits per heavy atom. The van der Waals surface area contributed by atoms with Gasteiger partial charge in [0.1, 0.15) is 5.75 Å². The number of hydrogen-bond acceptors (Lipinski definition) is 1. The molecule has 0 unspecified atom stereocenters. The summed E-state index contributed by atoms with van der Waals surface area (Å²) in [6.07, 6.45) is -2.56. The smallest absolute Gasteiger partial charge is 0.406 e. The SMILES string of the molecule is CC.CCC.CCc1ccc(OC(F)(F)F)cc1. The molecule has 1 aromatic carbocycles. The second-order valence-corrected chi connectivity index (χ2v) is 3.25. The lowest BCUT2D eigenvalue weighted by Gasteiger charge is -2.08. The lowest BCUT2D eigenvalue weighted by Crippen LogP contribution is -2.16. The third-order valence-electron chi connectivity index (χ3n) is 1.57. The van der Waals surface area contributed by atoms with E-state index in [4.69, 9.17) is 0 Å². The fraction of sp³-hybridized carbons (Fsp3) is 0.571. The predicted octanol–water partition coefficient (Wildman–Crippen LogP) is 5.59. The maximum atomic E-state index is 11.7. The van der Waals surface area contributed by atoms with Crippen molar-refractivity contribution < 1.29 is 17.9 Å². The van der Waals surface area contributed by atoms with Crippen molar-refractivity contribution in [2.45, 2.75) is 53.8 Å². The van der Waals surface area contributed by atoms with Crippen LogP contribution in [0.15, 0.2) is 24.3 Å². The van der Waals surface area contributed by atoms with Crippen LogP contribution in [0.1, 0.15) is 46.6 Å². The van der Waals surface area contributed by atoms with Gasteiger partial charge in [-0.05, 0) is 24.1 Å². The quantitative estimate of drug-likeness (QED) is 0.676. The minimum Gasteiger partial charge on any atom is -0.406 e. The number of alkyl halides is 3. The topological polar surface area (TPSA) is 9.23 Å². The van der Waals surface area contributed by atoms with E-state index in [1.165, 1.54) is 18.6 Å². The highest BCUT2D eigenvalue weighted by Crippen LogP contribution is 2.22. The van der Waals surface area contributed by atoms with Crippen molar-refractivity contribution in [2.75, 3.05) is 0 Å². The molecule has 0 saturated carbocycles. The largest absolute Gasteiger partial charge is 0.573 e. The van der Waals surface area contributed by atoms with E-state index < -0.39 is 6.36 Å². The van der Waals surface area contributed by atoms with Gasteiger partial charge in [-0.2, -0.15) is 0 Å². The fourth-order valence-corrected chi connectivity index (χ4v) is 0.927. The normalized spacial score (nSPS) is 9.56. The number of aryl methyl sites for hydroxylation is 1. The summed E-state index contributed by atoms with van der Waals surface area (Å²) in [6, 6.07) is 5.85. The zero-order chi connectivity index (χ0) is 14.6. The first-order chi connectivity index (χ1) is 8.42. The van der Waals surface area contributed by atoms with Crippen LogP contribution in [0.5, 0.6) is 5.75 Å². The minimum atomic E-state index is -4.60. The Balaban J connectivity index is 0. The average molecular weight is 264 g/mol. The van der Waals surface area contributed by atoms with E-state index in [-0.39, 0.29) is 5.75 Å². The molecule has 0 bridgehead atoms. The van der Waals surface area contributed by atoms with Gasteiger partial charge >= 0.3 is 6.36 Å². The molecule has 0 saturated heterocycles. The van der Waals surface area contributed by atoms with E-state index >= 15 is 0 Å². The summed E-state index contributed by atoms with van der Waals surface area (Å²) in [5, 5.41) is 0. The van der Waals surface area contributed by atoms with Crippen molar-refractivity contribution in [2.24, 2.45) is 0 Å². The molecule has 0 radical (unpaired) electrons. The van der Waals surface area contributed by atoms with Gasteiger partial charge in [-0.1, -0.05) is 53.2 Å². The van der Waals surface area contributed by atoms with Crippen LogP contribution in [-0.4, -0.2) is 6.36 Å². The molecule has 1 nitrogen and oxygen atoms in total. The van der Waals surface area contributed by atoms with Crippen LogP contribution in [0.3, 0.4) is 0 Å². The second-order valence-electron chi connectivity index (χ2n) is 3.25. The van der Waals surface area contributed by atoms with Crippen molar-refractivity contribution in [1.29, 1.82) is 0 Å². The van der Waals surface area contributed by atoms with Crippen LogP contribution in [0.25, 0.3) is 0 Å². The Labute approximate surface area is 108 Å². The lowest BCUT2D eigenvalue weighted by molar-refractivity contribution is -0.274. The minimum absolute atomic E-state index is 0.176. The third kappa shape index (κ3) is 11.3. The second kappa shape index (κ2) is 10.9. The molecule has 0 aliphatic rings. The molecule has 1 rings (SSSR count). The summed E-state index contributed by atoms with van der Waals surface area (Å²) in [6.45, 7) is 10.2. The van der Waals surface area contributed by atoms with Crippen LogP contribution in [-0.2, 0) is 6.42 Å². The van der Waals surface area contributed by atoms with Gasteiger partial charge < -0.3 is 4.74 Å². The summed E-state index contributed by atoms with van der Waals surface area (Å²) in [7, 11) is 0. The molecular formula is C14H23F3O. The van der Waals surface area contributed by atoms with E-state index in [1.54, 1.807) is 12.1 Å². The lowest BCUT2D eigenvalue weighted by atomic mass is 10.2. The van der Waals surface area contributed by atoms with Gasteiger partial charge in [0.15, 0.2) is 0 Å². The van der Waals surface area contributed by atoms with E-state index in [0.29, 0.717) is 0 Å². The van der Waals surface area contributed by atoms with E-state index in [9.17, 15) is 13.2 Å². The highest BCUT2D eigenvalue weighted by molar-refractivity contribution is 5.27. The fourth-order valence-electron chi connectivity index (χ4n) is 0.927. The van der Waals surface area contributed by atoms with Crippen molar-refractivity contribution in [3.8, 4) is 5.75 Å². The van der Waals surface area contributed by atoms with Gasteiger partial charge in [0.2, 0.25) is 0 Å². The van der Waals surface area contributed by atoms with E-state index in [2.05, 4.69) is 18.6 Å². The van der Waals surface area contributed by atoms with Gasteiger partial charge in [-0.15, -0.1) is 13.2 Å².